The molecular weight excluding hydrogens is 308 g/mol. The number of benzene rings is 1. The van der Waals surface area contributed by atoms with Gasteiger partial charge < -0.3 is 19.6 Å². The van der Waals surface area contributed by atoms with E-state index in [1.54, 1.807) is 31.4 Å². The number of ether oxygens (including phenoxy) is 1. The third-order valence-corrected chi connectivity index (χ3v) is 5.09. The van der Waals surface area contributed by atoms with Gasteiger partial charge in [0, 0.05) is 18.2 Å². The smallest absolute Gasteiger partial charge is 0.326 e. The van der Waals surface area contributed by atoms with Crippen molar-refractivity contribution in [2.75, 3.05) is 26.7 Å². The van der Waals surface area contributed by atoms with Crippen LogP contribution in [-0.4, -0.2) is 65.6 Å². The fourth-order valence-electron chi connectivity index (χ4n) is 3.78. The van der Waals surface area contributed by atoms with E-state index < -0.39 is 12.0 Å². The van der Waals surface area contributed by atoms with E-state index in [9.17, 15) is 14.7 Å². The van der Waals surface area contributed by atoms with Crippen LogP contribution in [0.15, 0.2) is 24.3 Å². The molecule has 2 aliphatic heterocycles. The van der Waals surface area contributed by atoms with Gasteiger partial charge >= 0.3 is 5.97 Å². The second-order valence-corrected chi connectivity index (χ2v) is 6.51. The van der Waals surface area contributed by atoms with E-state index in [0.717, 1.165) is 19.5 Å². The minimum atomic E-state index is -0.921. The molecule has 6 nitrogen and oxygen atoms in total. The Kier molecular flexibility index (Phi) is 5.04. The van der Waals surface area contributed by atoms with E-state index in [-0.39, 0.29) is 11.9 Å². The molecule has 0 aromatic heterocycles. The molecule has 1 aromatic carbocycles. The molecule has 2 aliphatic rings. The minimum Gasteiger partial charge on any atom is -0.497 e. The van der Waals surface area contributed by atoms with E-state index in [1.165, 1.54) is 17.7 Å². The number of amides is 1. The van der Waals surface area contributed by atoms with Crippen LogP contribution in [0.3, 0.4) is 0 Å². The van der Waals surface area contributed by atoms with Crippen molar-refractivity contribution in [1.29, 1.82) is 0 Å². The Balaban J connectivity index is 1.76. The van der Waals surface area contributed by atoms with Gasteiger partial charge in [-0.25, -0.2) is 4.79 Å². The third-order valence-electron chi connectivity index (χ3n) is 5.09. The van der Waals surface area contributed by atoms with E-state index in [0.29, 0.717) is 24.3 Å². The molecule has 0 aliphatic carbocycles. The Morgan fingerprint density at radius 2 is 1.96 bits per heavy atom. The maximum absolute atomic E-state index is 12.8. The molecule has 1 aromatic rings. The Labute approximate surface area is 142 Å². The SMILES string of the molecule is COc1cccc(C(=O)N2CCC(N3CCCC3)CC2C(=O)O)c1. The molecule has 2 fully saturated rings. The minimum absolute atomic E-state index is 0.235. The van der Waals surface area contributed by atoms with E-state index >= 15 is 0 Å². The highest BCUT2D eigenvalue weighted by Gasteiger charge is 2.39. The quantitative estimate of drug-likeness (QED) is 0.911. The van der Waals surface area contributed by atoms with Gasteiger partial charge in [0.15, 0.2) is 0 Å². The average molecular weight is 332 g/mol. The lowest BCUT2D eigenvalue weighted by molar-refractivity contribution is -0.144. The van der Waals surface area contributed by atoms with Crippen LogP contribution < -0.4 is 4.74 Å². The summed E-state index contributed by atoms with van der Waals surface area (Å²) in [7, 11) is 1.55. The summed E-state index contributed by atoms with van der Waals surface area (Å²) in [6.07, 6.45) is 3.70. The van der Waals surface area contributed by atoms with Gasteiger partial charge in [0.05, 0.1) is 7.11 Å². The largest absolute Gasteiger partial charge is 0.497 e. The molecule has 0 radical (unpaired) electrons. The van der Waals surface area contributed by atoms with E-state index in [2.05, 4.69) is 4.90 Å². The molecule has 1 amide bonds. The number of carboxylic acid groups (broad SMARTS) is 1. The van der Waals surface area contributed by atoms with Gasteiger partial charge in [-0.1, -0.05) is 6.07 Å². The van der Waals surface area contributed by atoms with Crippen LogP contribution in [0.2, 0.25) is 0 Å². The zero-order valence-corrected chi connectivity index (χ0v) is 14.0. The predicted molar refractivity (Wildman–Crippen MR) is 89.3 cm³/mol. The number of aliphatic carboxylic acids is 1. The summed E-state index contributed by atoms with van der Waals surface area (Å²) in [5.74, 6) is -0.559. The first kappa shape index (κ1) is 16.8. The maximum atomic E-state index is 12.8. The zero-order valence-electron chi connectivity index (χ0n) is 14.0. The van der Waals surface area contributed by atoms with Gasteiger partial charge in [0.2, 0.25) is 0 Å². The van der Waals surface area contributed by atoms with Crippen LogP contribution in [0, 0.1) is 0 Å². The highest BCUT2D eigenvalue weighted by Crippen LogP contribution is 2.27. The predicted octanol–water partition coefficient (Wildman–Crippen LogP) is 1.85. The van der Waals surface area contributed by atoms with Gasteiger partial charge in [-0.3, -0.25) is 4.79 Å². The standard InChI is InChI=1S/C18H24N2O4/c1-24-15-6-4-5-13(11-15)17(21)20-10-7-14(12-16(20)18(22)23)19-8-2-3-9-19/h4-6,11,14,16H,2-3,7-10,12H2,1H3,(H,22,23). The normalized spacial score (nSPS) is 24.8. The number of carbonyl (C=O) groups excluding carboxylic acids is 1. The Morgan fingerprint density at radius 3 is 2.62 bits per heavy atom. The number of hydrogen-bond acceptors (Lipinski definition) is 4. The Bertz CT molecular complexity index is 613. The van der Waals surface area contributed by atoms with Crippen LogP contribution in [0.5, 0.6) is 5.75 Å². The van der Waals surface area contributed by atoms with Crippen molar-refractivity contribution >= 4 is 11.9 Å². The van der Waals surface area contributed by atoms with Crippen LogP contribution in [0.4, 0.5) is 0 Å². The van der Waals surface area contributed by atoms with Crippen molar-refractivity contribution in [3.8, 4) is 5.75 Å². The first-order chi connectivity index (χ1) is 11.6. The van der Waals surface area contributed by atoms with Crippen molar-refractivity contribution in [3.63, 3.8) is 0 Å². The number of carboxylic acids is 1. The van der Waals surface area contributed by atoms with Crippen molar-refractivity contribution in [1.82, 2.24) is 9.80 Å². The molecule has 0 bridgehead atoms. The van der Waals surface area contributed by atoms with Crippen molar-refractivity contribution < 1.29 is 19.4 Å². The molecule has 24 heavy (non-hydrogen) atoms. The highest BCUT2D eigenvalue weighted by atomic mass is 16.5. The number of piperidine rings is 1. The summed E-state index contributed by atoms with van der Waals surface area (Å²) in [5.41, 5.74) is 0.472. The van der Waals surface area contributed by atoms with Crippen LogP contribution in [0.25, 0.3) is 0 Å². The first-order valence-corrected chi connectivity index (χ1v) is 8.52. The molecule has 1 N–H and O–H groups in total. The molecule has 2 saturated heterocycles. The van der Waals surface area contributed by atoms with Gasteiger partial charge in [-0.15, -0.1) is 0 Å². The number of hydrogen-bond donors (Lipinski definition) is 1. The first-order valence-electron chi connectivity index (χ1n) is 8.52. The average Bonchev–Trinajstić information content (AvgIpc) is 3.15. The lowest BCUT2D eigenvalue weighted by atomic mass is 9.95. The molecular formula is C18H24N2O4. The van der Waals surface area contributed by atoms with Crippen LogP contribution >= 0.6 is 0 Å². The van der Waals surface area contributed by atoms with Gasteiger partial charge in [0.25, 0.3) is 5.91 Å². The number of likely N-dealkylation sites (tertiary alicyclic amines) is 2. The van der Waals surface area contributed by atoms with Gasteiger partial charge in [-0.2, -0.15) is 0 Å². The zero-order chi connectivity index (χ0) is 17.1. The highest BCUT2D eigenvalue weighted by molar-refractivity contribution is 5.97. The van der Waals surface area contributed by atoms with Gasteiger partial charge in [0.1, 0.15) is 11.8 Å². The van der Waals surface area contributed by atoms with Gasteiger partial charge in [-0.05, 0) is 57.0 Å². The summed E-state index contributed by atoms with van der Waals surface area (Å²) in [6.45, 7) is 2.57. The third kappa shape index (κ3) is 3.38. The summed E-state index contributed by atoms with van der Waals surface area (Å²) in [6, 6.07) is 6.39. The molecule has 2 unspecified atom stereocenters. The molecule has 3 rings (SSSR count). The molecule has 2 atom stereocenters. The second-order valence-electron chi connectivity index (χ2n) is 6.51. The number of methoxy groups -OCH3 is 1. The van der Waals surface area contributed by atoms with Crippen LogP contribution in [0.1, 0.15) is 36.0 Å². The molecule has 2 heterocycles. The monoisotopic (exact) mass is 332 g/mol. The maximum Gasteiger partial charge on any atom is 0.326 e. The Hall–Kier alpha value is -2.08. The fourth-order valence-corrected chi connectivity index (χ4v) is 3.78. The van der Waals surface area contributed by atoms with Crippen molar-refractivity contribution in [3.05, 3.63) is 29.8 Å². The topological polar surface area (TPSA) is 70.1 Å². The lowest BCUT2D eigenvalue weighted by Gasteiger charge is -2.40. The molecule has 0 spiro atoms. The summed E-state index contributed by atoms with van der Waals surface area (Å²) >= 11 is 0. The van der Waals surface area contributed by atoms with Crippen molar-refractivity contribution in [2.45, 2.75) is 37.8 Å². The lowest BCUT2D eigenvalue weighted by Crippen LogP contribution is -2.54. The summed E-state index contributed by atoms with van der Waals surface area (Å²) in [4.78, 5) is 28.4. The van der Waals surface area contributed by atoms with E-state index in [4.69, 9.17) is 4.74 Å². The fraction of sp³-hybridized carbons (Fsp3) is 0.556. The second kappa shape index (κ2) is 7.21. The molecule has 130 valence electrons. The van der Waals surface area contributed by atoms with Crippen LogP contribution in [-0.2, 0) is 4.79 Å². The number of rotatable bonds is 4. The molecule has 0 saturated carbocycles. The summed E-state index contributed by atoms with van der Waals surface area (Å²) in [5, 5.41) is 9.63. The Morgan fingerprint density at radius 1 is 1.21 bits per heavy atom. The summed E-state index contributed by atoms with van der Waals surface area (Å²) < 4.78 is 5.16. The number of nitrogens with zero attached hydrogens (tertiary/aromatic N) is 2. The number of carbonyl (C=O) groups is 2. The van der Waals surface area contributed by atoms with Crippen molar-refractivity contribution in [2.24, 2.45) is 0 Å². The molecule has 6 heteroatoms. The van der Waals surface area contributed by atoms with E-state index in [1.807, 2.05) is 0 Å².